The summed E-state index contributed by atoms with van der Waals surface area (Å²) >= 11 is 0. The first-order valence-corrected chi connectivity index (χ1v) is 6.25. The maximum atomic E-state index is 12.2. The summed E-state index contributed by atoms with van der Waals surface area (Å²) < 4.78 is 0. The minimum absolute atomic E-state index is 0.0835. The number of carbonyl (C=O) groups is 1. The summed E-state index contributed by atoms with van der Waals surface area (Å²) in [6.07, 6.45) is 3.15. The number of hydrogen-bond donors (Lipinski definition) is 2. The van der Waals surface area contributed by atoms with Gasteiger partial charge >= 0.3 is 0 Å². The molecule has 1 amide bonds. The standard InChI is InChI=1S/C14H17N3O2/c1-9(2)12(8-18)17-14(19)10-4-3-5-11-13(10)16-7-6-15-11/h3-7,9,12,18H,8H2,1-2H3,(H,17,19)/t12-/m1/s1. The van der Waals surface area contributed by atoms with E-state index in [1.165, 1.54) is 0 Å². The van der Waals surface area contributed by atoms with Crippen molar-refractivity contribution in [2.24, 2.45) is 5.92 Å². The van der Waals surface area contributed by atoms with E-state index in [1.807, 2.05) is 19.9 Å². The summed E-state index contributed by atoms with van der Waals surface area (Å²) in [5.74, 6) is -0.0751. The fourth-order valence-electron chi connectivity index (χ4n) is 1.85. The average Bonchev–Trinajstić information content (AvgIpc) is 2.43. The van der Waals surface area contributed by atoms with Crippen molar-refractivity contribution >= 4 is 16.9 Å². The summed E-state index contributed by atoms with van der Waals surface area (Å²) in [7, 11) is 0. The lowest BCUT2D eigenvalue weighted by atomic mass is 10.0. The van der Waals surface area contributed by atoms with Gasteiger partial charge in [0.1, 0.15) is 5.52 Å². The van der Waals surface area contributed by atoms with Gasteiger partial charge in [0, 0.05) is 12.4 Å². The molecule has 5 nitrogen and oxygen atoms in total. The Morgan fingerprint density at radius 1 is 1.32 bits per heavy atom. The minimum atomic E-state index is -0.264. The monoisotopic (exact) mass is 259 g/mol. The van der Waals surface area contributed by atoms with Gasteiger partial charge < -0.3 is 10.4 Å². The van der Waals surface area contributed by atoms with Gasteiger partial charge in [0.25, 0.3) is 5.91 Å². The quantitative estimate of drug-likeness (QED) is 0.869. The van der Waals surface area contributed by atoms with Crippen molar-refractivity contribution in [3.05, 3.63) is 36.2 Å². The Morgan fingerprint density at radius 3 is 2.74 bits per heavy atom. The average molecular weight is 259 g/mol. The molecule has 2 N–H and O–H groups in total. The van der Waals surface area contributed by atoms with Crippen molar-refractivity contribution in [3.8, 4) is 0 Å². The first-order chi connectivity index (χ1) is 9.13. The van der Waals surface area contributed by atoms with Gasteiger partial charge in [0.15, 0.2) is 0 Å². The number of rotatable bonds is 4. The molecule has 100 valence electrons. The highest BCUT2D eigenvalue weighted by atomic mass is 16.3. The third-order valence-electron chi connectivity index (χ3n) is 3.06. The van der Waals surface area contributed by atoms with Gasteiger partial charge in [-0.05, 0) is 18.1 Å². The van der Waals surface area contributed by atoms with Gasteiger partial charge in [-0.1, -0.05) is 19.9 Å². The largest absolute Gasteiger partial charge is 0.394 e. The van der Waals surface area contributed by atoms with E-state index in [1.54, 1.807) is 24.5 Å². The number of benzene rings is 1. The van der Waals surface area contributed by atoms with Crippen LogP contribution in [-0.2, 0) is 0 Å². The van der Waals surface area contributed by atoms with Crippen LogP contribution in [0.5, 0.6) is 0 Å². The molecule has 1 aromatic heterocycles. The van der Waals surface area contributed by atoms with Crippen molar-refractivity contribution in [3.63, 3.8) is 0 Å². The molecule has 1 heterocycles. The molecule has 0 radical (unpaired) electrons. The first kappa shape index (κ1) is 13.4. The zero-order chi connectivity index (χ0) is 13.8. The van der Waals surface area contributed by atoms with Crippen LogP contribution >= 0.6 is 0 Å². The molecule has 2 aromatic rings. The molecule has 0 bridgehead atoms. The lowest BCUT2D eigenvalue weighted by Crippen LogP contribution is -2.41. The van der Waals surface area contributed by atoms with E-state index >= 15 is 0 Å². The van der Waals surface area contributed by atoms with Crippen molar-refractivity contribution in [1.82, 2.24) is 15.3 Å². The van der Waals surface area contributed by atoms with Crippen LogP contribution < -0.4 is 5.32 Å². The Morgan fingerprint density at radius 2 is 2.05 bits per heavy atom. The second-order valence-corrected chi connectivity index (χ2v) is 4.74. The van der Waals surface area contributed by atoms with Gasteiger partial charge in [-0.3, -0.25) is 14.8 Å². The smallest absolute Gasteiger partial charge is 0.253 e. The van der Waals surface area contributed by atoms with Crippen LogP contribution in [-0.4, -0.2) is 33.6 Å². The van der Waals surface area contributed by atoms with E-state index in [9.17, 15) is 9.90 Å². The second kappa shape index (κ2) is 5.75. The van der Waals surface area contributed by atoms with Gasteiger partial charge in [0.2, 0.25) is 0 Å². The molecule has 19 heavy (non-hydrogen) atoms. The Bertz CT molecular complexity index is 578. The Labute approximate surface area is 111 Å². The Kier molecular flexibility index (Phi) is 4.06. The predicted molar refractivity (Wildman–Crippen MR) is 72.7 cm³/mol. The highest BCUT2D eigenvalue weighted by Crippen LogP contribution is 2.14. The normalized spacial score (nSPS) is 12.6. The maximum Gasteiger partial charge on any atom is 0.253 e. The highest BCUT2D eigenvalue weighted by molar-refractivity contribution is 6.04. The molecule has 0 aliphatic heterocycles. The van der Waals surface area contributed by atoms with Crippen LogP contribution in [0.3, 0.4) is 0 Å². The Hall–Kier alpha value is -2.01. The summed E-state index contributed by atoms with van der Waals surface area (Å²) in [6.45, 7) is 3.81. The molecule has 0 saturated heterocycles. The van der Waals surface area contributed by atoms with Crippen LogP contribution in [0.4, 0.5) is 0 Å². The van der Waals surface area contributed by atoms with Gasteiger partial charge in [-0.25, -0.2) is 0 Å². The van der Waals surface area contributed by atoms with Crippen molar-refractivity contribution < 1.29 is 9.90 Å². The number of aliphatic hydroxyl groups excluding tert-OH is 1. The van der Waals surface area contributed by atoms with Gasteiger partial charge in [-0.2, -0.15) is 0 Å². The fourth-order valence-corrected chi connectivity index (χ4v) is 1.85. The highest BCUT2D eigenvalue weighted by Gasteiger charge is 2.18. The molecule has 5 heteroatoms. The van der Waals surface area contributed by atoms with Crippen LogP contribution in [0.15, 0.2) is 30.6 Å². The summed E-state index contributed by atoms with van der Waals surface area (Å²) in [4.78, 5) is 20.6. The summed E-state index contributed by atoms with van der Waals surface area (Å²) in [5.41, 5.74) is 1.73. The fraction of sp³-hybridized carbons (Fsp3) is 0.357. The zero-order valence-electron chi connectivity index (χ0n) is 11.0. The number of nitrogens with one attached hydrogen (secondary N) is 1. The number of hydrogen-bond acceptors (Lipinski definition) is 4. The zero-order valence-corrected chi connectivity index (χ0v) is 11.0. The maximum absolute atomic E-state index is 12.2. The van der Waals surface area contributed by atoms with E-state index in [0.717, 1.165) is 0 Å². The summed E-state index contributed by atoms with van der Waals surface area (Å²) in [6, 6.07) is 5.03. The summed E-state index contributed by atoms with van der Waals surface area (Å²) in [5, 5.41) is 12.1. The van der Waals surface area contributed by atoms with Crippen molar-refractivity contribution in [2.75, 3.05) is 6.61 Å². The molecule has 0 fully saturated rings. The molecule has 1 atom stereocenters. The molecule has 0 unspecified atom stereocenters. The van der Waals surface area contributed by atoms with Crippen LogP contribution in [0, 0.1) is 5.92 Å². The number of carbonyl (C=O) groups excluding carboxylic acids is 1. The molecule has 0 spiro atoms. The second-order valence-electron chi connectivity index (χ2n) is 4.74. The van der Waals surface area contributed by atoms with Gasteiger partial charge in [0.05, 0.1) is 23.7 Å². The molecule has 0 aliphatic carbocycles. The molecule has 2 rings (SSSR count). The van der Waals surface area contributed by atoms with E-state index in [0.29, 0.717) is 16.6 Å². The van der Waals surface area contributed by atoms with Crippen LogP contribution in [0.2, 0.25) is 0 Å². The molecule has 0 aliphatic rings. The number of aliphatic hydroxyl groups is 1. The SMILES string of the molecule is CC(C)[C@@H](CO)NC(=O)c1cccc2nccnc12. The van der Waals surface area contributed by atoms with E-state index in [4.69, 9.17) is 0 Å². The third-order valence-corrected chi connectivity index (χ3v) is 3.06. The van der Waals surface area contributed by atoms with Crippen molar-refractivity contribution in [1.29, 1.82) is 0 Å². The molecule has 1 aromatic carbocycles. The minimum Gasteiger partial charge on any atom is -0.394 e. The van der Waals surface area contributed by atoms with Crippen molar-refractivity contribution in [2.45, 2.75) is 19.9 Å². The number of aromatic nitrogens is 2. The topological polar surface area (TPSA) is 75.1 Å². The lowest BCUT2D eigenvalue weighted by Gasteiger charge is -2.20. The lowest BCUT2D eigenvalue weighted by molar-refractivity contribution is 0.0898. The van der Waals surface area contributed by atoms with E-state index < -0.39 is 0 Å². The van der Waals surface area contributed by atoms with Crippen LogP contribution in [0.1, 0.15) is 24.2 Å². The number of amides is 1. The predicted octanol–water partition coefficient (Wildman–Crippen LogP) is 1.38. The Balaban J connectivity index is 2.31. The van der Waals surface area contributed by atoms with Gasteiger partial charge in [-0.15, -0.1) is 0 Å². The third kappa shape index (κ3) is 2.88. The molecule has 0 saturated carbocycles. The van der Waals surface area contributed by atoms with E-state index in [2.05, 4.69) is 15.3 Å². The van der Waals surface area contributed by atoms with E-state index in [-0.39, 0.29) is 24.5 Å². The number of para-hydroxylation sites is 1. The number of fused-ring (bicyclic) bond motifs is 1. The number of nitrogens with zero attached hydrogens (tertiary/aromatic N) is 2. The van der Waals surface area contributed by atoms with Crippen LogP contribution in [0.25, 0.3) is 11.0 Å². The molecular weight excluding hydrogens is 242 g/mol. The first-order valence-electron chi connectivity index (χ1n) is 6.25. The molecular formula is C14H17N3O2.